The van der Waals surface area contributed by atoms with E-state index in [9.17, 15) is 14.4 Å². The van der Waals surface area contributed by atoms with Gasteiger partial charge in [0.2, 0.25) is 11.8 Å². The first-order valence-electron chi connectivity index (χ1n) is 11.0. The van der Waals surface area contributed by atoms with Crippen LogP contribution in [0.1, 0.15) is 30.8 Å². The van der Waals surface area contributed by atoms with Crippen molar-refractivity contribution < 1.29 is 9.59 Å². The number of amides is 2. The fraction of sp³-hybridized carbons (Fsp3) is 0.360. The van der Waals surface area contributed by atoms with Gasteiger partial charge in [-0.25, -0.2) is 4.98 Å². The van der Waals surface area contributed by atoms with Gasteiger partial charge in [-0.3, -0.25) is 19.3 Å². The van der Waals surface area contributed by atoms with Crippen molar-refractivity contribution in [3.8, 4) is 0 Å². The van der Waals surface area contributed by atoms with Crippen LogP contribution in [0.15, 0.2) is 47.3 Å². The molecule has 1 aromatic heterocycles. The van der Waals surface area contributed by atoms with Crippen LogP contribution < -0.4 is 10.9 Å². The summed E-state index contributed by atoms with van der Waals surface area (Å²) < 4.78 is 0. The predicted octanol–water partition coefficient (Wildman–Crippen LogP) is 2.85. The second-order valence-electron chi connectivity index (χ2n) is 8.59. The number of aromatic nitrogens is 2. The highest BCUT2D eigenvalue weighted by molar-refractivity contribution is 5.95. The number of rotatable bonds is 8. The molecule has 3 aromatic rings. The Morgan fingerprint density at radius 3 is 2.36 bits per heavy atom. The van der Waals surface area contributed by atoms with E-state index < -0.39 is 0 Å². The van der Waals surface area contributed by atoms with Gasteiger partial charge in [-0.15, -0.1) is 0 Å². The molecule has 8 nitrogen and oxygen atoms in total. The molecule has 33 heavy (non-hydrogen) atoms. The number of aromatic amines is 1. The van der Waals surface area contributed by atoms with E-state index in [0.717, 1.165) is 16.8 Å². The highest BCUT2D eigenvalue weighted by Gasteiger charge is 2.20. The third-order valence-electron chi connectivity index (χ3n) is 5.64. The maximum Gasteiger partial charge on any atom is 0.258 e. The number of nitrogens with one attached hydrogen (secondary N) is 2. The normalized spacial score (nSPS) is 11.2. The Morgan fingerprint density at radius 1 is 1.03 bits per heavy atom. The number of carbonyl (C=O) groups excluding carboxylic acids is 2. The van der Waals surface area contributed by atoms with Gasteiger partial charge in [-0.2, -0.15) is 0 Å². The van der Waals surface area contributed by atoms with E-state index in [0.29, 0.717) is 23.3 Å². The maximum absolute atomic E-state index is 12.9. The molecule has 0 aliphatic carbocycles. The summed E-state index contributed by atoms with van der Waals surface area (Å²) >= 11 is 0. The summed E-state index contributed by atoms with van der Waals surface area (Å²) in [5.74, 6) is 0.0546. The van der Waals surface area contributed by atoms with Crippen LogP contribution in [0.4, 0.5) is 5.69 Å². The monoisotopic (exact) mass is 449 g/mol. The number of para-hydroxylation sites is 2. The largest absolute Gasteiger partial charge is 0.335 e. The minimum absolute atomic E-state index is 0.0302. The number of nitrogens with zero attached hydrogens (tertiary/aromatic N) is 3. The van der Waals surface area contributed by atoms with Gasteiger partial charge in [0.1, 0.15) is 5.82 Å². The van der Waals surface area contributed by atoms with E-state index in [4.69, 9.17) is 0 Å². The van der Waals surface area contributed by atoms with Crippen molar-refractivity contribution in [1.29, 1.82) is 0 Å². The third kappa shape index (κ3) is 6.04. The molecule has 0 bridgehead atoms. The molecule has 0 spiro atoms. The predicted molar refractivity (Wildman–Crippen MR) is 130 cm³/mol. The first-order chi connectivity index (χ1) is 15.7. The molecule has 2 N–H and O–H groups in total. The van der Waals surface area contributed by atoms with Gasteiger partial charge >= 0.3 is 0 Å². The van der Waals surface area contributed by atoms with Crippen LogP contribution in [0.3, 0.4) is 0 Å². The Balaban J connectivity index is 1.65. The van der Waals surface area contributed by atoms with Gasteiger partial charge in [0.15, 0.2) is 0 Å². The third-order valence-corrected chi connectivity index (χ3v) is 5.64. The fourth-order valence-corrected chi connectivity index (χ4v) is 3.61. The summed E-state index contributed by atoms with van der Waals surface area (Å²) in [5, 5.41) is 3.44. The second-order valence-corrected chi connectivity index (χ2v) is 8.59. The highest BCUT2D eigenvalue weighted by Crippen LogP contribution is 2.19. The number of benzene rings is 2. The highest BCUT2D eigenvalue weighted by atomic mass is 16.2. The summed E-state index contributed by atoms with van der Waals surface area (Å²) in [5.41, 5.74) is 3.14. The summed E-state index contributed by atoms with van der Waals surface area (Å²) in [6, 6.07) is 13.0. The van der Waals surface area contributed by atoms with Crippen LogP contribution >= 0.6 is 0 Å². The zero-order valence-electron chi connectivity index (χ0n) is 19.8. The molecule has 0 radical (unpaired) electrons. The number of H-pyrrole nitrogens is 1. The maximum atomic E-state index is 12.9. The fourth-order valence-electron chi connectivity index (χ4n) is 3.61. The van der Waals surface area contributed by atoms with Crippen LogP contribution in [0.2, 0.25) is 0 Å². The van der Waals surface area contributed by atoms with Crippen LogP contribution in [-0.4, -0.2) is 57.8 Å². The Hall–Kier alpha value is -3.52. The van der Waals surface area contributed by atoms with E-state index in [1.54, 1.807) is 25.2 Å². The van der Waals surface area contributed by atoms with Crippen LogP contribution in [-0.2, 0) is 16.1 Å². The standard InChI is InChI=1S/C25H31N5O3/c1-16(2)30(13-21-26-20-12-7-6-11-19(20)25(33)27-21)15-23(32)29(5)14-22(31)28-24-17(3)9-8-10-18(24)4/h6-12,16H,13-15H2,1-5H3,(H,28,31)(H,26,27,33). The van der Waals surface area contributed by atoms with Crippen molar-refractivity contribution >= 4 is 28.4 Å². The van der Waals surface area contributed by atoms with Crippen LogP contribution in [0, 0.1) is 13.8 Å². The lowest BCUT2D eigenvalue weighted by molar-refractivity contribution is -0.134. The van der Waals surface area contributed by atoms with E-state index in [-0.39, 0.29) is 36.5 Å². The molecule has 0 saturated carbocycles. The number of anilines is 1. The first-order valence-corrected chi connectivity index (χ1v) is 11.0. The number of hydrogen-bond donors (Lipinski definition) is 2. The topological polar surface area (TPSA) is 98.4 Å². The number of likely N-dealkylation sites (N-methyl/N-ethyl adjacent to an activating group) is 1. The zero-order valence-corrected chi connectivity index (χ0v) is 19.8. The number of carbonyl (C=O) groups is 2. The van der Waals surface area contributed by atoms with E-state index in [1.165, 1.54) is 4.90 Å². The molecule has 3 rings (SSSR count). The van der Waals surface area contributed by atoms with Crippen molar-refractivity contribution in [3.05, 3.63) is 69.8 Å². The summed E-state index contributed by atoms with van der Waals surface area (Å²) in [4.78, 5) is 48.4. The molecule has 0 atom stereocenters. The Labute approximate surface area is 193 Å². The molecule has 2 aromatic carbocycles. The lowest BCUT2D eigenvalue weighted by atomic mass is 10.1. The Bertz CT molecular complexity index is 1200. The molecule has 0 saturated heterocycles. The van der Waals surface area contributed by atoms with Gasteiger partial charge in [0.25, 0.3) is 5.56 Å². The van der Waals surface area contributed by atoms with Crippen LogP contribution in [0.5, 0.6) is 0 Å². The van der Waals surface area contributed by atoms with Crippen molar-refractivity contribution in [2.24, 2.45) is 0 Å². The summed E-state index contributed by atoms with van der Waals surface area (Å²) in [6.07, 6.45) is 0. The molecule has 174 valence electrons. The quantitative estimate of drug-likeness (QED) is 0.551. The average Bonchev–Trinajstić information content (AvgIpc) is 2.75. The van der Waals surface area contributed by atoms with Crippen molar-refractivity contribution in [2.75, 3.05) is 25.5 Å². The van der Waals surface area contributed by atoms with Gasteiger partial charge in [-0.1, -0.05) is 30.3 Å². The molecule has 0 unspecified atom stereocenters. The lowest BCUT2D eigenvalue weighted by Crippen LogP contribution is -2.44. The summed E-state index contributed by atoms with van der Waals surface area (Å²) in [6.45, 7) is 8.17. The second kappa shape index (κ2) is 10.4. The Kier molecular flexibility index (Phi) is 7.60. The minimum Gasteiger partial charge on any atom is -0.335 e. The van der Waals surface area contributed by atoms with Crippen molar-refractivity contribution in [2.45, 2.75) is 40.3 Å². The Morgan fingerprint density at radius 2 is 1.70 bits per heavy atom. The molecular formula is C25H31N5O3. The number of fused-ring (bicyclic) bond motifs is 1. The van der Waals surface area contributed by atoms with Gasteiger partial charge in [0.05, 0.1) is 30.5 Å². The van der Waals surface area contributed by atoms with E-state index in [2.05, 4.69) is 15.3 Å². The summed E-state index contributed by atoms with van der Waals surface area (Å²) in [7, 11) is 1.61. The van der Waals surface area contributed by atoms with E-state index in [1.807, 2.05) is 56.9 Å². The van der Waals surface area contributed by atoms with Crippen molar-refractivity contribution in [1.82, 2.24) is 19.8 Å². The molecular weight excluding hydrogens is 418 g/mol. The molecule has 0 aliphatic heterocycles. The number of aryl methyl sites for hydroxylation is 2. The SMILES string of the molecule is Cc1cccc(C)c1NC(=O)CN(C)C(=O)CN(Cc1nc2ccccc2c(=O)[nH]1)C(C)C. The van der Waals surface area contributed by atoms with Gasteiger partial charge in [-0.05, 0) is 51.0 Å². The zero-order chi connectivity index (χ0) is 24.1. The molecule has 2 amide bonds. The van der Waals surface area contributed by atoms with Crippen molar-refractivity contribution in [3.63, 3.8) is 0 Å². The first kappa shape index (κ1) is 24.1. The molecule has 1 heterocycles. The minimum atomic E-state index is -0.250. The van der Waals surface area contributed by atoms with Gasteiger partial charge < -0.3 is 15.2 Å². The van der Waals surface area contributed by atoms with E-state index >= 15 is 0 Å². The average molecular weight is 450 g/mol. The molecule has 0 fully saturated rings. The lowest BCUT2D eigenvalue weighted by Gasteiger charge is -2.27. The molecule has 8 heteroatoms. The number of hydrogen-bond acceptors (Lipinski definition) is 5. The van der Waals surface area contributed by atoms with Gasteiger partial charge in [0, 0.05) is 18.8 Å². The smallest absolute Gasteiger partial charge is 0.258 e. The van der Waals surface area contributed by atoms with Crippen LogP contribution in [0.25, 0.3) is 10.9 Å². The molecule has 0 aliphatic rings.